The highest BCUT2D eigenvalue weighted by Crippen LogP contribution is 2.36. The van der Waals surface area contributed by atoms with Crippen LogP contribution in [-0.4, -0.2) is 29.7 Å². The number of aryl methyl sites for hydroxylation is 1. The second-order valence-corrected chi connectivity index (χ2v) is 10.9. The van der Waals surface area contributed by atoms with E-state index in [0.29, 0.717) is 17.8 Å². The number of rotatable bonds is 8. The lowest BCUT2D eigenvalue weighted by molar-refractivity contribution is -0.634. The van der Waals surface area contributed by atoms with Crippen molar-refractivity contribution < 1.29 is 14.1 Å². The fraction of sp³-hybridized carbons (Fsp3) is 0.548. The molecule has 1 fully saturated rings. The molecule has 1 unspecified atom stereocenters. The van der Waals surface area contributed by atoms with Gasteiger partial charge in [0.2, 0.25) is 0 Å². The summed E-state index contributed by atoms with van der Waals surface area (Å²) in [5.74, 6) is 2.42. The maximum atomic E-state index is 13.7. The van der Waals surface area contributed by atoms with E-state index in [9.17, 15) is 4.79 Å². The lowest BCUT2D eigenvalue weighted by Gasteiger charge is -2.37. The van der Waals surface area contributed by atoms with Gasteiger partial charge in [0, 0.05) is 18.8 Å². The van der Waals surface area contributed by atoms with Gasteiger partial charge in [-0.15, -0.1) is 0 Å². The van der Waals surface area contributed by atoms with Gasteiger partial charge < -0.3 is 9.64 Å². The molecule has 1 heterocycles. The van der Waals surface area contributed by atoms with Crippen molar-refractivity contribution in [3.8, 4) is 11.4 Å². The monoisotopic (exact) mass is 490 g/mol. The smallest absolute Gasteiger partial charge is 0.351 e. The van der Waals surface area contributed by atoms with Crippen LogP contribution < -0.4 is 9.47 Å². The molecule has 4 rings (SSSR count). The summed E-state index contributed by atoms with van der Waals surface area (Å²) >= 11 is 0. The third kappa shape index (κ3) is 5.02. The zero-order valence-electron chi connectivity index (χ0n) is 23.2. The number of carbonyl (C=O) groups is 1. The molecule has 36 heavy (non-hydrogen) atoms. The highest BCUT2D eigenvalue weighted by atomic mass is 16.5. The first-order valence-corrected chi connectivity index (χ1v) is 13.8. The second kappa shape index (κ2) is 11.1. The summed E-state index contributed by atoms with van der Waals surface area (Å²) < 4.78 is 10.7. The molecule has 0 aliphatic heterocycles. The van der Waals surface area contributed by atoms with Gasteiger partial charge in [-0.25, -0.2) is 13.9 Å². The minimum absolute atomic E-state index is 0.00363. The standard InChI is InChI=1S/C31H44N3O2/c1-8-33(9-2)25-17-15-24(16-18-25)30-32(7)27-12-10-11-13-28(27)34(30)23(6)31(35)36-29-20-22(5)14-19-26(29)21(3)4/h10-13,15-18,21-23,26,29H,8-9,14,19-20H2,1-7H3/q+1/t22-,23-,26?,29-/m1/s1. The summed E-state index contributed by atoms with van der Waals surface area (Å²) in [4.78, 5) is 16.0. The first-order chi connectivity index (χ1) is 17.3. The fourth-order valence-corrected chi connectivity index (χ4v) is 6.08. The zero-order chi connectivity index (χ0) is 26.0. The minimum Gasteiger partial charge on any atom is -0.459 e. The van der Waals surface area contributed by atoms with Crippen LogP contribution in [-0.2, 0) is 16.6 Å². The van der Waals surface area contributed by atoms with Crippen molar-refractivity contribution in [1.29, 1.82) is 0 Å². The van der Waals surface area contributed by atoms with Gasteiger partial charge in [0.15, 0.2) is 17.1 Å². The van der Waals surface area contributed by atoms with Gasteiger partial charge in [-0.3, -0.25) is 0 Å². The highest BCUT2D eigenvalue weighted by molar-refractivity contribution is 5.82. The molecule has 4 atom stereocenters. The lowest BCUT2D eigenvalue weighted by Crippen LogP contribution is -2.38. The summed E-state index contributed by atoms with van der Waals surface area (Å²) in [6.07, 6.45) is 3.31. The summed E-state index contributed by atoms with van der Waals surface area (Å²) in [5, 5.41) is 0. The van der Waals surface area contributed by atoms with Crippen LogP contribution in [0.15, 0.2) is 48.5 Å². The molecule has 1 aromatic heterocycles. The van der Waals surface area contributed by atoms with E-state index in [4.69, 9.17) is 4.74 Å². The van der Waals surface area contributed by atoms with Crippen molar-refractivity contribution in [2.24, 2.45) is 24.8 Å². The molecule has 1 saturated carbocycles. The van der Waals surface area contributed by atoms with Gasteiger partial charge in [-0.1, -0.05) is 39.3 Å². The van der Waals surface area contributed by atoms with Gasteiger partial charge in [-0.05, 0) is 87.8 Å². The number of aromatic nitrogens is 2. The molecule has 1 aliphatic carbocycles. The molecule has 5 nitrogen and oxygen atoms in total. The lowest BCUT2D eigenvalue weighted by atomic mass is 9.75. The van der Waals surface area contributed by atoms with Gasteiger partial charge in [0.25, 0.3) is 5.82 Å². The molecule has 0 spiro atoms. The summed E-state index contributed by atoms with van der Waals surface area (Å²) in [5.41, 5.74) is 4.46. The van der Waals surface area contributed by atoms with Crippen LogP contribution in [0, 0.1) is 17.8 Å². The van der Waals surface area contributed by atoms with Gasteiger partial charge in [0.1, 0.15) is 6.10 Å². The Bertz CT molecular complexity index is 1180. The maximum absolute atomic E-state index is 13.7. The van der Waals surface area contributed by atoms with E-state index in [0.717, 1.165) is 48.4 Å². The number of carbonyl (C=O) groups excluding carboxylic acids is 1. The van der Waals surface area contributed by atoms with Crippen molar-refractivity contribution >= 4 is 22.7 Å². The Hall–Kier alpha value is -2.82. The van der Waals surface area contributed by atoms with Crippen molar-refractivity contribution in [2.45, 2.75) is 73.0 Å². The van der Waals surface area contributed by atoms with Crippen LogP contribution in [0.5, 0.6) is 0 Å². The minimum atomic E-state index is -0.432. The van der Waals surface area contributed by atoms with Crippen molar-refractivity contribution in [3.05, 3.63) is 48.5 Å². The SMILES string of the molecule is CCN(CC)c1ccc(-c2n([C@H](C)C(=O)O[C@@H]3C[C@H](C)CCC3C(C)C)c3ccccc3[n+]2C)cc1. The molecular formula is C31H44N3O2+. The molecule has 0 saturated heterocycles. The van der Waals surface area contributed by atoms with Crippen molar-refractivity contribution in [3.63, 3.8) is 0 Å². The molecule has 5 heteroatoms. The van der Waals surface area contributed by atoms with E-state index >= 15 is 0 Å². The second-order valence-electron chi connectivity index (χ2n) is 10.9. The largest absolute Gasteiger partial charge is 0.459 e. The number of fused-ring (bicyclic) bond motifs is 1. The molecule has 1 aliphatic rings. The fourth-order valence-electron chi connectivity index (χ4n) is 6.08. The first-order valence-electron chi connectivity index (χ1n) is 13.8. The van der Waals surface area contributed by atoms with E-state index in [-0.39, 0.29) is 12.1 Å². The van der Waals surface area contributed by atoms with Crippen LogP contribution in [0.4, 0.5) is 5.69 Å². The first kappa shape index (κ1) is 26.2. The molecule has 0 bridgehead atoms. The number of hydrogen-bond acceptors (Lipinski definition) is 3. The van der Waals surface area contributed by atoms with E-state index < -0.39 is 6.04 Å². The average Bonchev–Trinajstić information content (AvgIpc) is 3.17. The van der Waals surface area contributed by atoms with Crippen LogP contribution in [0.2, 0.25) is 0 Å². The van der Waals surface area contributed by atoms with Crippen LogP contribution >= 0.6 is 0 Å². The van der Waals surface area contributed by atoms with Crippen LogP contribution in [0.3, 0.4) is 0 Å². The zero-order valence-corrected chi connectivity index (χ0v) is 23.2. The molecule has 3 aromatic rings. The van der Waals surface area contributed by atoms with Crippen LogP contribution in [0.25, 0.3) is 22.4 Å². The Balaban J connectivity index is 1.71. The van der Waals surface area contributed by atoms with E-state index in [1.54, 1.807) is 0 Å². The Labute approximate surface area is 217 Å². The Morgan fingerprint density at radius 2 is 1.72 bits per heavy atom. The summed E-state index contributed by atoms with van der Waals surface area (Å²) in [6, 6.07) is 16.6. The molecule has 194 valence electrons. The normalized spacial score (nSPS) is 21.1. The number of esters is 1. The van der Waals surface area contributed by atoms with E-state index in [1.165, 1.54) is 12.1 Å². The van der Waals surface area contributed by atoms with Crippen molar-refractivity contribution in [1.82, 2.24) is 4.57 Å². The number of ether oxygens (including phenoxy) is 1. The Morgan fingerprint density at radius 1 is 1.06 bits per heavy atom. The average molecular weight is 491 g/mol. The van der Waals surface area contributed by atoms with Crippen molar-refractivity contribution in [2.75, 3.05) is 18.0 Å². The van der Waals surface area contributed by atoms with E-state index in [1.807, 2.05) is 13.0 Å². The highest BCUT2D eigenvalue weighted by Gasteiger charge is 2.37. The molecular weight excluding hydrogens is 446 g/mol. The van der Waals surface area contributed by atoms with Gasteiger partial charge in [0.05, 0.1) is 12.6 Å². The predicted molar refractivity (Wildman–Crippen MR) is 148 cm³/mol. The Kier molecular flexibility index (Phi) is 8.07. The predicted octanol–water partition coefficient (Wildman–Crippen LogP) is 6.54. The van der Waals surface area contributed by atoms with Gasteiger partial charge in [-0.2, -0.15) is 0 Å². The summed E-state index contributed by atoms with van der Waals surface area (Å²) in [7, 11) is 2.09. The number of imidazole rings is 1. The molecule has 0 amide bonds. The van der Waals surface area contributed by atoms with Gasteiger partial charge >= 0.3 is 5.97 Å². The quantitative estimate of drug-likeness (QED) is 0.266. The number of anilines is 1. The molecule has 0 radical (unpaired) electrons. The topological polar surface area (TPSA) is 38.4 Å². The summed E-state index contributed by atoms with van der Waals surface area (Å²) in [6.45, 7) is 15.1. The number of nitrogens with zero attached hydrogens (tertiary/aromatic N) is 3. The maximum Gasteiger partial charge on any atom is 0.351 e. The number of hydrogen-bond donors (Lipinski definition) is 0. The Morgan fingerprint density at radius 3 is 2.36 bits per heavy atom. The number of benzene rings is 2. The molecule has 2 aromatic carbocycles. The molecule has 0 N–H and O–H groups in total. The van der Waals surface area contributed by atoms with E-state index in [2.05, 4.69) is 98.2 Å². The number of para-hydroxylation sites is 2. The third-order valence-corrected chi connectivity index (χ3v) is 8.26. The third-order valence-electron chi connectivity index (χ3n) is 8.26. The van der Waals surface area contributed by atoms with Crippen LogP contribution in [0.1, 0.15) is 66.8 Å².